The third kappa shape index (κ3) is 6.97. The molecule has 2 N–H and O–H groups in total. The third-order valence-corrected chi connectivity index (χ3v) is 1.70. The molecule has 0 aliphatic heterocycles. The fourth-order valence-electron chi connectivity index (χ4n) is 0.931. The summed E-state index contributed by atoms with van der Waals surface area (Å²) in [6.07, 6.45) is 1.62. The first kappa shape index (κ1) is 14.6. The van der Waals surface area contributed by atoms with Crippen LogP contribution < -0.4 is 5.32 Å². The molecule has 0 aromatic carbocycles. The maximum atomic E-state index is 11.2. The number of rotatable bonds is 9. The topological polar surface area (TPSA) is 84.9 Å². The van der Waals surface area contributed by atoms with E-state index in [1.807, 2.05) is 0 Å². The van der Waals surface area contributed by atoms with Crippen LogP contribution in [0.3, 0.4) is 0 Å². The fourth-order valence-corrected chi connectivity index (χ4v) is 0.931. The Hall–Kier alpha value is -1.40. The van der Waals surface area contributed by atoms with Crippen LogP contribution in [0.1, 0.15) is 6.42 Å². The lowest BCUT2D eigenvalue weighted by Gasteiger charge is -2.12. The van der Waals surface area contributed by atoms with Crippen molar-refractivity contribution in [1.82, 2.24) is 5.32 Å². The number of ether oxygens (including phenoxy) is 2. The Bertz CT molecular complexity index is 241. The van der Waals surface area contributed by atoms with Crippen molar-refractivity contribution in [2.45, 2.75) is 12.5 Å². The average molecular weight is 231 g/mol. The Balaban J connectivity index is 3.81. The van der Waals surface area contributed by atoms with Crippen LogP contribution >= 0.6 is 0 Å². The number of amides is 1. The van der Waals surface area contributed by atoms with Gasteiger partial charge in [-0.3, -0.25) is 4.79 Å². The quantitative estimate of drug-likeness (QED) is 0.424. The largest absolute Gasteiger partial charge is 0.480 e. The Labute approximate surface area is 94.2 Å². The van der Waals surface area contributed by atoms with Gasteiger partial charge in [0.05, 0.1) is 13.2 Å². The van der Waals surface area contributed by atoms with Crippen LogP contribution in [0, 0.1) is 0 Å². The molecule has 1 amide bonds. The fraction of sp³-hybridized carbons (Fsp3) is 0.600. The van der Waals surface area contributed by atoms with Gasteiger partial charge in [-0.2, -0.15) is 0 Å². The molecule has 0 rings (SSSR count). The van der Waals surface area contributed by atoms with Crippen molar-refractivity contribution in [2.75, 3.05) is 26.9 Å². The Morgan fingerprint density at radius 2 is 2.19 bits per heavy atom. The molecule has 0 bridgehead atoms. The zero-order valence-corrected chi connectivity index (χ0v) is 9.27. The van der Waals surface area contributed by atoms with E-state index in [9.17, 15) is 9.59 Å². The van der Waals surface area contributed by atoms with Crippen LogP contribution in [0.15, 0.2) is 12.7 Å². The van der Waals surface area contributed by atoms with Gasteiger partial charge in [0.15, 0.2) is 0 Å². The van der Waals surface area contributed by atoms with E-state index in [2.05, 4.69) is 11.9 Å². The van der Waals surface area contributed by atoms with Gasteiger partial charge in [-0.25, -0.2) is 4.79 Å². The summed E-state index contributed by atoms with van der Waals surface area (Å²) in [5, 5.41) is 11.1. The highest BCUT2D eigenvalue weighted by atomic mass is 16.5. The van der Waals surface area contributed by atoms with Gasteiger partial charge in [-0.1, -0.05) is 6.08 Å². The van der Waals surface area contributed by atoms with E-state index in [0.29, 0.717) is 13.2 Å². The number of carbonyl (C=O) groups excluding carboxylic acids is 1. The second-order valence-electron chi connectivity index (χ2n) is 3.03. The van der Waals surface area contributed by atoms with Gasteiger partial charge >= 0.3 is 5.97 Å². The minimum Gasteiger partial charge on any atom is -0.480 e. The summed E-state index contributed by atoms with van der Waals surface area (Å²) in [4.78, 5) is 21.9. The first-order valence-electron chi connectivity index (χ1n) is 4.81. The lowest BCUT2D eigenvalue weighted by molar-refractivity contribution is -0.142. The predicted molar refractivity (Wildman–Crippen MR) is 57.1 cm³/mol. The summed E-state index contributed by atoms with van der Waals surface area (Å²) in [5.74, 6) is -1.56. The average Bonchev–Trinajstić information content (AvgIpc) is 2.23. The van der Waals surface area contributed by atoms with Crippen molar-refractivity contribution in [2.24, 2.45) is 0 Å². The van der Waals surface area contributed by atoms with E-state index in [1.165, 1.54) is 13.2 Å². The van der Waals surface area contributed by atoms with Crippen LogP contribution in [0.25, 0.3) is 0 Å². The standard InChI is InChI=1S/C10H17NO5/c1-3-4-8(10(13)14)11-9(12)7-16-6-5-15-2/h3,8H,1,4-7H2,2H3,(H,11,12)(H,13,14)/t8-/m1/s1. The molecule has 92 valence electrons. The first-order chi connectivity index (χ1) is 7.61. The molecule has 16 heavy (non-hydrogen) atoms. The number of carbonyl (C=O) groups is 2. The second kappa shape index (κ2) is 8.87. The number of hydrogen-bond donors (Lipinski definition) is 2. The first-order valence-corrected chi connectivity index (χ1v) is 4.81. The Morgan fingerprint density at radius 1 is 1.50 bits per heavy atom. The molecule has 0 aromatic heterocycles. The van der Waals surface area contributed by atoms with E-state index >= 15 is 0 Å². The van der Waals surface area contributed by atoms with Crippen molar-refractivity contribution >= 4 is 11.9 Å². The van der Waals surface area contributed by atoms with E-state index in [-0.39, 0.29) is 13.0 Å². The molecular weight excluding hydrogens is 214 g/mol. The molecule has 0 aliphatic rings. The molecule has 0 spiro atoms. The van der Waals surface area contributed by atoms with Crippen molar-refractivity contribution in [3.63, 3.8) is 0 Å². The minimum atomic E-state index is -1.09. The highest BCUT2D eigenvalue weighted by molar-refractivity contribution is 5.84. The SMILES string of the molecule is C=CC[C@@H](NC(=O)COCCOC)C(=O)O. The molecule has 6 nitrogen and oxygen atoms in total. The molecule has 0 saturated carbocycles. The molecule has 0 fully saturated rings. The lowest BCUT2D eigenvalue weighted by atomic mass is 10.2. The summed E-state index contributed by atoms with van der Waals surface area (Å²) < 4.78 is 9.66. The van der Waals surface area contributed by atoms with Gasteiger partial charge in [0, 0.05) is 7.11 Å². The van der Waals surface area contributed by atoms with Crippen LogP contribution in [0.2, 0.25) is 0 Å². The van der Waals surface area contributed by atoms with Gasteiger partial charge in [0.2, 0.25) is 5.91 Å². The van der Waals surface area contributed by atoms with E-state index in [0.717, 1.165) is 0 Å². The van der Waals surface area contributed by atoms with E-state index in [4.69, 9.17) is 14.6 Å². The number of carboxylic acids is 1. The predicted octanol–water partition coefficient (Wildman–Crippen LogP) is -0.205. The number of hydrogen-bond acceptors (Lipinski definition) is 4. The molecule has 1 atom stereocenters. The summed E-state index contributed by atoms with van der Waals surface area (Å²) in [5.41, 5.74) is 0. The molecule has 0 unspecified atom stereocenters. The van der Waals surface area contributed by atoms with Gasteiger partial charge in [0.25, 0.3) is 0 Å². The second-order valence-corrected chi connectivity index (χ2v) is 3.03. The van der Waals surface area contributed by atoms with Crippen molar-refractivity contribution < 1.29 is 24.2 Å². The molecule has 6 heteroatoms. The summed E-state index contributed by atoms with van der Waals surface area (Å²) in [6.45, 7) is 3.92. The summed E-state index contributed by atoms with van der Waals surface area (Å²) >= 11 is 0. The zero-order valence-electron chi connectivity index (χ0n) is 9.27. The number of nitrogens with one attached hydrogen (secondary N) is 1. The normalized spacial score (nSPS) is 11.8. The smallest absolute Gasteiger partial charge is 0.326 e. The van der Waals surface area contributed by atoms with Crippen LogP contribution in [-0.2, 0) is 19.1 Å². The molecule has 0 radical (unpaired) electrons. The minimum absolute atomic E-state index is 0.176. The molecule has 0 heterocycles. The number of aliphatic carboxylic acids is 1. The van der Waals surface area contributed by atoms with Gasteiger partial charge in [-0.15, -0.1) is 6.58 Å². The van der Waals surface area contributed by atoms with Gasteiger partial charge < -0.3 is 19.9 Å². The third-order valence-electron chi connectivity index (χ3n) is 1.70. The maximum Gasteiger partial charge on any atom is 0.326 e. The van der Waals surface area contributed by atoms with E-state index in [1.54, 1.807) is 0 Å². The van der Waals surface area contributed by atoms with E-state index < -0.39 is 17.9 Å². The maximum absolute atomic E-state index is 11.2. The number of methoxy groups -OCH3 is 1. The zero-order chi connectivity index (χ0) is 12.4. The molecule has 0 aromatic rings. The van der Waals surface area contributed by atoms with Crippen LogP contribution in [0.4, 0.5) is 0 Å². The van der Waals surface area contributed by atoms with Crippen molar-refractivity contribution in [3.8, 4) is 0 Å². The highest BCUT2D eigenvalue weighted by Gasteiger charge is 2.17. The van der Waals surface area contributed by atoms with Crippen molar-refractivity contribution in [1.29, 1.82) is 0 Å². The molecular formula is C10H17NO5. The molecule has 0 saturated heterocycles. The molecule has 0 aliphatic carbocycles. The van der Waals surface area contributed by atoms with Crippen molar-refractivity contribution in [3.05, 3.63) is 12.7 Å². The monoisotopic (exact) mass is 231 g/mol. The van der Waals surface area contributed by atoms with Gasteiger partial charge in [-0.05, 0) is 6.42 Å². The highest BCUT2D eigenvalue weighted by Crippen LogP contribution is 1.93. The number of carboxylic acid groups (broad SMARTS) is 1. The summed E-state index contributed by atoms with van der Waals surface area (Å²) in [7, 11) is 1.52. The van der Waals surface area contributed by atoms with Crippen LogP contribution in [0.5, 0.6) is 0 Å². The Morgan fingerprint density at radius 3 is 2.69 bits per heavy atom. The van der Waals surface area contributed by atoms with Crippen LogP contribution in [-0.4, -0.2) is 50.0 Å². The van der Waals surface area contributed by atoms with Gasteiger partial charge in [0.1, 0.15) is 12.6 Å². The Kier molecular flexibility index (Phi) is 8.10. The lowest BCUT2D eigenvalue weighted by Crippen LogP contribution is -2.42. The summed E-state index contributed by atoms with van der Waals surface area (Å²) in [6, 6.07) is -0.948.